The van der Waals surface area contributed by atoms with E-state index in [4.69, 9.17) is 4.74 Å². The summed E-state index contributed by atoms with van der Waals surface area (Å²) >= 11 is 0. The SMILES string of the molecule is C=CCCC(NC(=O)[C@@H]1[C@@H]2[C@H](CN1C(=O)[C@@H](NC(=O)OC(C)(C)C)C(C)(C)C)C2(C)C)C(=O)C(=O)NCC(C)=O. The normalized spacial score (nSPS) is 22.7. The van der Waals surface area contributed by atoms with Crippen molar-refractivity contribution in [1.29, 1.82) is 0 Å². The minimum atomic E-state index is -1.16. The zero-order valence-electron chi connectivity index (χ0n) is 25.3. The van der Waals surface area contributed by atoms with E-state index in [0.29, 0.717) is 13.0 Å². The number of fused-ring (bicyclic) bond motifs is 1. The molecule has 1 heterocycles. The van der Waals surface area contributed by atoms with Gasteiger partial charge in [-0.1, -0.05) is 40.7 Å². The lowest BCUT2D eigenvalue weighted by atomic mass is 9.85. The molecule has 0 radical (unpaired) electrons. The number of allylic oxidation sites excluding steroid dienone is 1. The highest BCUT2D eigenvalue weighted by Gasteiger charge is 2.70. The molecular weight excluding hydrogens is 516 g/mol. The minimum Gasteiger partial charge on any atom is -0.444 e. The van der Waals surface area contributed by atoms with Gasteiger partial charge in [0.2, 0.25) is 17.6 Å². The lowest BCUT2D eigenvalue weighted by molar-refractivity contribution is -0.145. The number of hydrogen-bond donors (Lipinski definition) is 3. The van der Waals surface area contributed by atoms with Crippen molar-refractivity contribution in [3.8, 4) is 0 Å². The maximum absolute atomic E-state index is 13.9. The van der Waals surface area contributed by atoms with Gasteiger partial charge in [-0.15, -0.1) is 6.58 Å². The number of amides is 4. The van der Waals surface area contributed by atoms with Crippen molar-refractivity contribution in [3.05, 3.63) is 12.7 Å². The molecule has 1 saturated carbocycles. The molecule has 4 amide bonds. The molecule has 11 heteroatoms. The summed E-state index contributed by atoms with van der Waals surface area (Å²) in [5, 5.41) is 7.67. The first-order valence-electron chi connectivity index (χ1n) is 13.7. The average molecular weight is 563 g/mol. The highest BCUT2D eigenvalue weighted by molar-refractivity contribution is 6.38. The van der Waals surface area contributed by atoms with Gasteiger partial charge in [0.1, 0.15) is 23.5 Å². The van der Waals surface area contributed by atoms with Crippen molar-refractivity contribution in [2.45, 2.75) is 98.9 Å². The number of piperidine rings is 1. The van der Waals surface area contributed by atoms with Crippen LogP contribution in [0.4, 0.5) is 4.79 Å². The number of carbonyl (C=O) groups excluding carboxylic acids is 6. The number of ether oxygens (including phenoxy) is 1. The van der Waals surface area contributed by atoms with Crippen molar-refractivity contribution < 1.29 is 33.5 Å². The molecule has 2 rings (SSSR count). The second-order valence-electron chi connectivity index (χ2n) is 13.5. The Hall–Kier alpha value is -3.24. The molecule has 3 N–H and O–H groups in total. The summed E-state index contributed by atoms with van der Waals surface area (Å²) in [4.78, 5) is 78.3. The van der Waals surface area contributed by atoms with Gasteiger partial charge in [-0.25, -0.2) is 4.79 Å². The van der Waals surface area contributed by atoms with Gasteiger partial charge >= 0.3 is 6.09 Å². The molecule has 11 nitrogen and oxygen atoms in total. The monoisotopic (exact) mass is 562 g/mol. The third kappa shape index (κ3) is 7.91. The van der Waals surface area contributed by atoms with E-state index in [1.807, 2.05) is 34.6 Å². The van der Waals surface area contributed by atoms with E-state index in [1.54, 1.807) is 26.8 Å². The number of hydrogen-bond acceptors (Lipinski definition) is 7. The molecule has 40 heavy (non-hydrogen) atoms. The first-order valence-corrected chi connectivity index (χ1v) is 13.7. The molecular formula is C29H46N4O7. The van der Waals surface area contributed by atoms with Crippen LogP contribution in [0.5, 0.6) is 0 Å². The van der Waals surface area contributed by atoms with Crippen LogP contribution >= 0.6 is 0 Å². The Labute approximate surface area is 237 Å². The van der Waals surface area contributed by atoms with Gasteiger partial charge in [-0.3, -0.25) is 24.0 Å². The molecule has 1 unspecified atom stereocenters. The number of alkyl carbamates (subject to hydrolysis) is 1. The molecule has 0 spiro atoms. The summed E-state index contributed by atoms with van der Waals surface area (Å²) in [6.45, 7) is 19.6. The van der Waals surface area contributed by atoms with Crippen molar-refractivity contribution in [2.24, 2.45) is 22.7 Å². The highest BCUT2D eigenvalue weighted by atomic mass is 16.6. The summed E-state index contributed by atoms with van der Waals surface area (Å²) in [6.07, 6.45) is 1.32. The van der Waals surface area contributed by atoms with Crippen molar-refractivity contribution in [2.75, 3.05) is 13.1 Å². The number of rotatable bonds is 11. The average Bonchev–Trinajstić information content (AvgIpc) is 3.14. The van der Waals surface area contributed by atoms with Crippen LogP contribution in [0.3, 0.4) is 0 Å². The summed E-state index contributed by atoms with van der Waals surface area (Å²) in [6, 6.07) is -3.03. The van der Waals surface area contributed by atoms with Crippen LogP contribution in [0.25, 0.3) is 0 Å². The highest BCUT2D eigenvalue weighted by Crippen LogP contribution is 2.65. The quantitative estimate of drug-likeness (QED) is 0.258. The maximum atomic E-state index is 13.9. The van der Waals surface area contributed by atoms with E-state index in [-0.39, 0.29) is 36.0 Å². The Balaban J connectivity index is 2.32. The lowest BCUT2D eigenvalue weighted by Gasteiger charge is -2.38. The van der Waals surface area contributed by atoms with Crippen LogP contribution in [-0.4, -0.2) is 77.1 Å². The van der Waals surface area contributed by atoms with E-state index in [0.717, 1.165) is 0 Å². The standard InChI is InChI=1S/C29H46N4O7/c1-11-12-13-18(21(35)24(37)30-14-16(2)34)31-23(36)20-19-17(29(19,9)10)15-33(20)25(38)22(27(3,4)5)32-26(39)40-28(6,7)8/h11,17-20,22H,1,12-15H2,2-10H3,(H,30,37)(H,31,36)(H,32,39)/t17-,18?,19-,20-,22+/m0/s1. The van der Waals surface area contributed by atoms with E-state index < -0.39 is 58.7 Å². The Kier molecular flexibility index (Phi) is 9.97. The number of nitrogens with zero attached hydrogens (tertiary/aromatic N) is 1. The predicted octanol–water partition coefficient (Wildman–Crippen LogP) is 2.13. The summed E-state index contributed by atoms with van der Waals surface area (Å²) < 4.78 is 5.38. The van der Waals surface area contributed by atoms with Gasteiger partial charge in [-0.2, -0.15) is 0 Å². The van der Waals surface area contributed by atoms with E-state index in [2.05, 4.69) is 22.5 Å². The Morgan fingerprint density at radius 3 is 2.15 bits per heavy atom. The first kappa shape index (κ1) is 33.0. The van der Waals surface area contributed by atoms with Crippen LogP contribution in [0.1, 0.15) is 75.2 Å². The molecule has 1 saturated heterocycles. The molecule has 0 bridgehead atoms. The van der Waals surface area contributed by atoms with E-state index in [9.17, 15) is 28.8 Å². The molecule has 0 aromatic carbocycles. The van der Waals surface area contributed by atoms with Crippen LogP contribution in [0.2, 0.25) is 0 Å². The first-order chi connectivity index (χ1) is 18.2. The van der Waals surface area contributed by atoms with Crippen LogP contribution in [-0.2, 0) is 28.7 Å². The second-order valence-corrected chi connectivity index (χ2v) is 13.5. The Bertz CT molecular complexity index is 1050. The Morgan fingerprint density at radius 1 is 1.05 bits per heavy atom. The lowest BCUT2D eigenvalue weighted by Crippen LogP contribution is -2.60. The van der Waals surface area contributed by atoms with Gasteiger partial charge in [0.25, 0.3) is 5.91 Å². The number of Topliss-reactive ketones (excluding diaryl/α,β-unsaturated/α-hetero) is 2. The fourth-order valence-corrected chi connectivity index (χ4v) is 5.31. The Morgan fingerprint density at radius 2 is 1.65 bits per heavy atom. The molecule has 1 aliphatic carbocycles. The molecule has 0 aromatic heterocycles. The molecule has 1 aliphatic heterocycles. The van der Waals surface area contributed by atoms with Gasteiger partial charge in [0.05, 0.1) is 12.6 Å². The molecule has 0 aromatic rings. The van der Waals surface area contributed by atoms with Crippen LogP contribution < -0.4 is 16.0 Å². The molecule has 5 atom stereocenters. The fourth-order valence-electron chi connectivity index (χ4n) is 5.31. The number of nitrogens with one attached hydrogen (secondary N) is 3. The number of carbonyl (C=O) groups is 6. The van der Waals surface area contributed by atoms with Crippen molar-refractivity contribution >= 4 is 35.4 Å². The summed E-state index contributed by atoms with van der Waals surface area (Å²) in [7, 11) is 0. The van der Waals surface area contributed by atoms with Gasteiger partial charge in [0.15, 0.2) is 0 Å². The molecule has 224 valence electrons. The summed E-state index contributed by atoms with van der Waals surface area (Å²) in [5.74, 6) is -3.21. The predicted molar refractivity (Wildman–Crippen MR) is 149 cm³/mol. The van der Waals surface area contributed by atoms with Gasteiger partial charge < -0.3 is 25.6 Å². The number of likely N-dealkylation sites (tertiary alicyclic amines) is 1. The van der Waals surface area contributed by atoms with Gasteiger partial charge in [-0.05, 0) is 63.2 Å². The smallest absolute Gasteiger partial charge is 0.408 e. The zero-order valence-corrected chi connectivity index (χ0v) is 25.3. The fraction of sp³-hybridized carbons (Fsp3) is 0.724. The topological polar surface area (TPSA) is 151 Å². The van der Waals surface area contributed by atoms with Crippen LogP contribution in [0, 0.1) is 22.7 Å². The molecule has 2 aliphatic rings. The maximum Gasteiger partial charge on any atom is 0.408 e. The molecule has 2 fully saturated rings. The van der Waals surface area contributed by atoms with Crippen LogP contribution in [0.15, 0.2) is 12.7 Å². The third-order valence-corrected chi connectivity index (χ3v) is 7.55. The third-order valence-electron chi connectivity index (χ3n) is 7.55. The minimum absolute atomic E-state index is 0.0653. The second kappa shape index (κ2) is 12.1. The number of ketones is 2. The van der Waals surface area contributed by atoms with E-state index in [1.165, 1.54) is 11.8 Å². The van der Waals surface area contributed by atoms with E-state index >= 15 is 0 Å². The zero-order chi connectivity index (χ0) is 30.8. The largest absolute Gasteiger partial charge is 0.444 e. The summed E-state index contributed by atoms with van der Waals surface area (Å²) in [5.41, 5.74) is -1.66. The van der Waals surface area contributed by atoms with Crippen molar-refractivity contribution in [3.63, 3.8) is 0 Å². The van der Waals surface area contributed by atoms with Crippen molar-refractivity contribution in [1.82, 2.24) is 20.9 Å². The van der Waals surface area contributed by atoms with Gasteiger partial charge in [0, 0.05) is 6.54 Å².